The highest BCUT2D eigenvalue weighted by Gasteiger charge is 2.22. The van der Waals surface area contributed by atoms with Crippen molar-refractivity contribution in [3.8, 4) is 11.5 Å². The summed E-state index contributed by atoms with van der Waals surface area (Å²) in [4.78, 5) is 25.1. The number of hydrogen-bond donors (Lipinski definition) is 0. The molecule has 0 aliphatic carbocycles. The molecule has 0 spiro atoms. The van der Waals surface area contributed by atoms with Gasteiger partial charge < -0.3 is 18.9 Å². The van der Waals surface area contributed by atoms with Crippen LogP contribution < -0.4 is 9.47 Å². The summed E-state index contributed by atoms with van der Waals surface area (Å²) in [6.45, 7) is 10.9. The van der Waals surface area contributed by atoms with Crippen molar-refractivity contribution >= 4 is 33.9 Å². The molecule has 0 unspecified atom stereocenters. The van der Waals surface area contributed by atoms with Gasteiger partial charge in [0.1, 0.15) is 5.75 Å². The van der Waals surface area contributed by atoms with Crippen LogP contribution in [0, 0.1) is 11.8 Å². The lowest BCUT2D eigenvalue weighted by Crippen LogP contribution is -2.15. The molecule has 3 rings (SSSR count). The minimum Gasteiger partial charge on any atom is -0.434 e. The van der Waals surface area contributed by atoms with Crippen LogP contribution in [0.4, 0.5) is 9.59 Å². The van der Waals surface area contributed by atoms with Gasteiger partial charge in [0.25, 0.3) is 0 Å². The van der Waals surface area contributed by atoms with Crippen molar-refractivity contribution in [2.24, 2.45) is 11.8 Å². The van der Waals surface area contributed by atoms with Crippen LogP contribution in [0.2, 0.25) is 0 Å². The first kappa shape index (κ1) is 25.3. The minimum atomic E-state index is -0.754. The third-order valence-corrected chi connectivity index (χ3v) is 5.62. The van der Waals surface area contributed by atoms with Crippen LogP contribution >= 0.6 is 0 Å². The lowest BCUT2D eigenvalue weighted by atomic mass is 9.96. The van der Waals surface area contributed by atoms with Crippen molar-refractivity contribution in [3.05, 3.63) is 48.0 Å². The largest absolute Gasteiger partial charge is 0.513 e. The Labute approximate surface area is 201 Å². The monoisotopic (exact) mass is 466 g/mol. The molecule has 0 heterocycles. The molecule has 3 aromatic carbocycles. The average Bonchev–Trinajstić information content (AvgIpc) is 2.80. The molecule has 0 saturated carbocycles. The van der Waals surface area contributed by atoms with Crippen molar-refractivity contribution in [3.63, 3.8) is 0 Å². The fourth-order valence-corrected chi connectivity index (χ4v) is 3.71. The van der Waals surface area contributed by atoms with E-state index in [0.717, 1.165) is 23.8 Å². The van der Waals surface area contributed by atoms with Gasteiger partial charge in [0.15, 0.2) is 5.75 Å². The summed E-state index contributed by atoms with van der Waals surface area (Å²) in [5, 5.41) is 2.69. The second-order valence-corrected chi connectivity index (χ2v) is 9.16. The standard InChI is InChI=1S/C28H34O6/c1-6-20-10-9-13-23-24(20)26(34-28(30)32-17-15-19(4)5)22-12-8-7-11-21(22)25(23)33-27(29)31-16-14-18(2)3/h7-13,18-19H,6,14-17H2,1-5H3. The quantitative estimate of drug-likeness (QED) is 0.183. The molecule has 0 radical (unpaired) electrons. The van der Waals surface area contributed by atoms with Gasteiger partial charge in [-0.3, -0.25) is 0 Å². The van der Waals surface area contributed by atoms with Crippen LogP contribution in [0.5, 0.6) is 11.5 Å². The van der Waals surface area contributed by atoms with Gasteiger partial charge in [-0.1, -0.05) is 77.1 Å². The number of aryl methyl sites for hydroxylation is 1. The van der Waals surface area contributed by atoms with Gasteiger partial charge in [-0.15, -0.1) is 0 Å². The van der Waals surface area contributed by atoms with Gasteiger partial charge >= 0.3 is 12.3 Å². The fourth-order valence-electron chi connectivity index (χ4n) is 3.71. The normalized spacial score (nSPS) is 11.3. The number of carbonyl (C=O) groups is 2. The average molecular weight is 467 g/mol. The summed E-state index contributed by atoms with van der Waals surface area (Å²) >= 11 is 0. The highest BCUT2D eigenvalue weighted by Crippen LogP contribution is 2.44. The molecule has 0 aliphatic heterocycles. The van der Waals surface area contributed by atoms with E-state index >= 15 is 0 Å². The van der Waals surface area contributed by atoms with E-state index in [1.807, 2.05) is 49.4 Å². The summed E-state index contributed by atoms with van der Waals surface area (Å²) in [6.07, 6.45) is 0.702. The molecular formula is C28H34O6. The molecule has 6 nitrogen and oxygen atoms in total. The first-order valence-corrected chi connectivity index (χ1v) is 12.0. The van der Waals surface area contributed by atoms with E-state index in [1.165, 1.54) is 0 Å². The summed E-state index contributed by atoms with van der Waals surface area (Å²) < 4.78 is 22.1. The minimum absolute atomic E-state index is 0.288. The zero-order valence-corrected chi connectivity index (χ0v) is 20.7. The molecule has 0 bridgehead atoms. The Bertz CT molecular complexity index is 1150. The topological polar surface area (TPSA) is 71.1 Å². The van der Waals surface area contributed by atoms with E-state index in [1.54, 1.807) is 0 Å². The maximum atomic E-state index is 12.6. The van der Waals surface area contributed by atoms with Gasteiger partial charge in [-0.25, -0.2) is 9.59 Å². The molecule has 3 aromatic rings. The molecule has 0 atom stereocenters. The SMILES string of the molecule is CCc1cccc2c(OC(=O)OCCC(C)C)c3ccccc3c(OC(=O)OCCC(C)C)c12. The van der Waals surface area contributed by atoms with Gasteiger partial charge in [-0.05, 0) is 36.7 Å². The van der Waals surface area contributed by atoms with E-state index in [0.29, 0.717) is 45.9 Å². The molecule has 0 aromatic heterocycles. The Morgan fingerprint density at radius 1 is 0.706 bits per heavy atom. The maximum absolute atomic E-state index is 12.6. The van der Waals surface area contributed by atoms with Gasteiger partial charge in [0.05, 0.1) is 13.2 Å². The highest BCUT2D eigenvalue weighted by molar-refractivity contribution is 6.13. The molecule has 182 valence electrons. The molecule has 6 heteroatoms. The Kier molecular flexibility index (Phi) is 8.74. The molecule has 0 saturated heterocycles. The second kappa shape index (κ2) is 11.7. The Hall–Kier alpha value is -3.28. The Balaban J connectivity index is 2.06. The lowest BCUT2D eigenvalue weighted by molar-refractivity contribution is 0.0940. The van der Waals surface area contributed by atoms with Crippen molar-refractivity contribution in [2.45, 2.75) is 53.9 Å². The van der Waals surface area contributed by atoms with Crippen molar-refractivity contribution in [1.82, 2.24) is 0 Å². The van der Waals surface area contributed by atoms with Crippen LogP contribution in [-0.4, -0.2) is 25.5 Å². The van der Waals surface area contributed by atoms with Crippen molar-refractivity contribution in [1.29, 1.82) is 0 Å². The first-order chi connectivity index (χ1) is 16.3. The zero-order chi connectivity index (χ0) is 24.7. The third kappa shape index (κ3) is 6.19. The fraction of sp³-hybridized carbons (Fsp3) is 0.429. The number of ether oxygens (including phenoxy) is 4. The smallest absolute Gasteiger partial charge is 0.434 e. The number of rotatable bonds is 9. The predicted octanol–water partition coefficient (Wildman–Crippen LogP) is 7.68. The summed E-state index contributed by atoms with van der Waals surface area (Å²) in [5.41, 5.74) is 0.964. The number of benzene rings is 3. The molecule has 0 N–H and O–H groups in total. The lowest BCUT2D eigenvalue weighted by Gasteiger charge is -2.18. The highest BCUT2D eigenvalue weighted by atomic mass is 16.7. The van der Waals surface area contributed by atoms with E-state index in [4.69, 9.17) is 18.9 Å². The van der Waals surface area contributed by atoms with Crippen LogP contribution in [0.3, 0.4) is 0 Å². The van der Waals surface area contributed by atoms with Crippen molar-refractivity contribution in [2.75, 3.05) is 13.2 Å². The molecule has 0 aliphatic rings. The predicted molar refractivity (Wildman–Crippen MR) is 134 cm³/mol. The number of hydrogen-bond acceptors (Lipinski definition) is 6. The molecule has 0 fully saturated rings. The summed E-state index contributed by atoms with van der Waals surface area (Å²) in [5.74, 6) is 1.62. The van der Waals surface area contributed by atoms with E-state index in [2.05, 4.69) is 27.7 Å². The van der Waals surface area contributed by atoms with Gasteiger partial charge in [0.2, 0.25) is 0 Å². The maximum Gasteiger partial charge on any atom is 0.513 e. The van der Waals surface area contributed by atoms with E-state index < -0.39 is 12.3 Å². The summed E-state index contributed by atoms with van der Waals surface area (Å²) in [6, 6.07) is 13.1. The van der Waals surface area contributed by atoms with Crippen molar-refractivity contribution < 1.29 is 28.5 Å². The van der Waals surface area contributed by atoms with Gasteiger partial charge in [-0.2, -0.15) is 0 Å². The zero-order valence-electron chi connectivity index (χ0n) is 20.7. The summed E-state index contributed by atoms with van der Waals surface area (Å²) in [7, 11) is 0. The second-order valence-electron chi connectivity index (χ2n) is 9.16. The van der Waals surface area contributed by atoms with Crippen LogP contribution in [0.25, 0.3) is 21.5 Å². The number of carbonyl (C=O) groups excluding carboxylic acids is 2. The molecule has 0 amide bonds. The van der Waals surface area contributed by atoms with Crippen LogP contribution in [-0.2, 0) is 15.9 Å². The number of fused-ring (bicyclic) bond motifs is 2. The molecular weight excluding hydrogens is 432 g/mol. The van der Waals surface area contributed by atoms with Crippen LogP contribution in [0.15, 0.2) is 42.5 Å². The van der Waals surface area contributed by atoms with E-state index in [9.17, 15) is 9.59 Å². The Morgan fingerprint density at radius 2 is 1.21 bits per heavy atom. The van der Waals surface area contributed by atoms with E-state index in [-0.39, 0.29) is 13.2 Å². The Morgan fingerprint density at radius 3 is 1.74 bits per heavy atom. The molecule has 34 heavy (non-hydrogen) atoms. The first-order valence-electron chi connectivity index (χ1n) is 12.0. The van der Waals surface area contributed by atoms with Crippen LogP contribution in [0.1, 0.15) is 53.0 Å². The third-order valence-electron chi connectivity index (χ3n) is 5.62. The van der Waals surface area contributed by atoms with Gasteiger partial charge in [0, 0.05) is 21.5 Å².